The van der Waals surface area contributed by atoms with E-state index in [1.165, 1.54) is 18.2 Å². The highest BCUT2D eigenvalue weighted by molar-refractivity contribution is 5.51. The number of halogens is 3. The molecule has 0 spiro atoms. The Labute approximate surface area is 103 Å². The first-order chi connectivity index (χ1) is 8.80. The Kier molecular flexibility index (Phi) is 2.89. The molecule has 0 aliphatic rings. The third-order valence-electron chi connectivity index (χ3n) is 2.35. The van der Waals surface area contributed by atoms with Gasteiger partial charge in [-0.25, -0.2) is 4.68 Å². The van der Waals surface area contributed by atoms with Gasteiger partial charge >= 0.3 is 6.18 Å². The van der Waals surface area contributed by atoms with E-state index in [9.17, 15) is 28.1 Å². The van der Waals surface area contributed by atoms with Crippen LogP contribution in [0.3, 0.4) is 0 Å². The summed E-state index contributed by atoms with van der Waals surface area (Å²) >= 11 is 0. The number of H-pyrrole nitrogens is 1. The Hall–Kier alpha value is -2.58. The highest BCUT2D eigenvalue weighted by Crippen LogP contribution is 2.27. The zero-order valence-electron chi connectivity index (χ0n) is 9.14. The summed E-state index contributed by atoms with van der Waals surface area (Å²) in [4.78, 5) is 21.5. The van der Waals surface area contributed by atoms with Crippen LogP contribution in [0.5, 0.6) is 0 Å². The number of nitrogens with one attached hydrogen (secondary N) is 1. The van der Waals surface area contributed by atoms with Crippen molar-refractivity contribution in [2.75, 3.05) is 0 Å². The highest BCUT2D eigenvalue weighted by atomic mass is 19.4. The normalized spacial score (nSPS) is 11.5. The lowest BCUT2D eigenvalue weighted by Crippen LogP contribution is -2.15. The first-order valence-corrected chi connectivity index (χ1v) is 4.94. The number of nitro benzene ring substituents is 1. The quantitative estimate of drug-likeness (QED) is 0.672. The van der Waals surface area contributed by atoms with Gasteiger partial charge in [0.15, 0.2) is 0 Å². The summed E-state index contributed by atoms with van der Waals surface area (Å²) in [6.45, 7) is 0. The molecule has 0 bridgehead atoms. The smallest absolute Gasteiger partial charge is 0.286 e. The number of hydrogen-bond acceptors (Lipinski definition) is 3. The monoisotopic (exact) mass is 273 g/mol. The van der Waals surface area contributed by atoms with E-state index < -0.39 is 28.0 Å². The first-order valence-electron chi connectivity index (χ1n) is 4.94. The summed E-state index contributed by atoms with van der Waals surface area (Å²) < 4.78 is 37.8. The number of aromatic amines is 1. The van der Waals surface area contributed by atoms with Crippen LogP contribution in [0.4, 0.5) is 18.9 Å². The fourth-order valence-corrected chi connectivity index (χ4v) is 1.53. The van der Waals surface area contributed by atoms with E-state index in [-0.39, 0.29) is 5.69 Å². The zero-order valence-corrected chi connectivity index (χ0v) is 9.14. The van der Waals surface area contributed by atoms with Crippen molar-refractivity contribution in [1.29, 1.82) is 0 Å². The molecule has 100 valence electrons. The molecule has 2 aromatic rings. The second-order valence-electron chi connectivity index (χ2n) is 3.59. The van der Waals surface area contributed by atoms with Gasteiger partial charge in [-0.2, -0.15) is 13.2 Å². The maximum Gasteiger partial charge on any atom is 0.432 e. The van der Waals surface area contributed by atoms with E-state index in [1.807, 2.05) is 5.10 Å². The average Bonchev–Trinajstić information content (AvgIpc) is 2.71. The molecule has 2 rings (SSSR count). The Morgan fingerprint density at radius 3 is 2.42 bits per heavy atom. The second kappa shape index (κ2) is 4.26. The topological polar surface area (TPSA) is 80.9 Å². The summed E-state index contributed by atoms with van der Waals surface area (Å²) in [6.07, 6.45) is -4.73. The van der Waals surface area contributed by atoms with Gasteiger partial charge in [0.1, 0.15) is 11.4 Å². The number of rotatable bonds is 2. The molecular formula is C10H6F3N3O3. The van der Waals surface area contributed by atoms with Crippen LogP contribution < -0.4 is 5.56 Å². The zero-order chi connectivity index (χ0) is 14.2. The SMILES string of the molecule is O=c1cc(C(F)(F)F)[nH]n1-c1ccccc1[N+](=O)[O-]. The average molecular weight is 273 g/mol. The van der Waals surface area contributed by atoms with Crippen molar-refractivity contribution >= 4 is 5.69 Å². The summed E-state index contributed by atoms with van der Waals surface area (Å²) in [6, 6.07) is 5.34. The number of benzene rings is 1. The molecule has 1 aromatic heterocycles. The van der Waals surface area contributed by atoms with Gasteiger partial charge in [0.2, 0.25) is 0 Å². The van der Waals surface area contributed by atoms with E-state index in [0.717, 1.165) is 6.07 Å². The van der Waals surface area contributed by atoms with Crippen LogP contribution in [0, 0.1) is 10.1 Å². The van der Waals surface area contributed by atoms with Crippen LogP contribution in [0.25, 0.3) is 5.69 Å². The van der Waals surface area contributed by atoms with Gasteiger partial charge in [-0.3, -0.25) is 20.0 Å². The minimum atomic E-state index is -4.73. The predicted molar refractivity (Wildman–Crippen MR) is 58.0 cm³/mol. The third-order valence-corrected chi connectivity index (χ3v) is 2.35. The molecule has 9 heteroatoms. The Morgan fingerprint density at radius 2 is 1.89 bits per heavy atom. The molecule has 0 fully saturated rings. The van der Waals surface area contributed by atoms with E-state index >= 15 is 0 Å². The Balaban J connectivity index is 2.64. The summed E-state index contributed by atoms with van der Waals surface area (Å²) in [5.74, 6) is 0. The summed E-state index contributed by atoms with van der Waals surface area (Å²) in [7, 11) is 0. The molecular weight excluding hydrogens is 267 g/mol. The van der Waals surface area contributed by atoms with Crippen LogP contribution in [0.2, 0.25) is 0 Å². The van der Waals surface area contributed by atoms with Gasteiger partial charge in [0.25, 0.3) is 11.2 Å². The number of hydrogen-bond donors (Lipinski definition) is 1. The van der Waals surface area contributed by atoms with Crippen molar-refractivity contribution in [3.05, 3.63) is 56.5 Å². The predicted octanol–water partition coefficient (Wildman–Crippen LogP) is 2.09. The standard InChI is InChI=1S/C10H6F3N3O3/c11-10(12,13)8-5-9(17)15(14-8)6-3-1-2-4-7(6)16(18)19/h1-5,14H. The number of aromatic nitrogens is 2. The van der Waals surface area contributed by atoms with E-state index in [2.05, 4.69) is 0 Å². The third kappa shape index (κ3) is 2.34. The van der Waals surface area contributed by atoms with Crippen LogP contribution in [-0.2, 0) is 6.18 Å². The molecule has 1 aromatic carbocycles. The van der Waals surface area contributed by atoms with Crippen LogP contribution in [0.15, 0.2) is 35.1 Å². The number of alkyl halides is 3. The molecule has 19 heavy (non-hydrogen) atoms. The summed E-state index contributed by atoms with van der Waals surface area (Å²) in [5.41, 5.74) is -3.02. The number of nitrogens with zero attached hydrogens (tertiary/aromatic N) is 2. The Morgan fingerprint density at radius 1 is 1.26 bits per heavy atom. The minimum absolute atomic E-state index is 0.256. The second-order valence-corrected chi connectivity index (χ2v) is 3.59. The molecule has 0 aliphatic carbocycles. The van der Waals surface area contributed by atoms with Gasteiger partial charge in [-0.05, 0) is 6.07 Å². The van der Waals surface area contributed by atoms with E-state index in [4.69, 9.17) is 0 Å². The van der Waals surface area contributed by atoms with Gasteiger partial charge in [-0.1, -0.05) is 12.1 Å². The number of para-hydroxylation sites is 2. The Bertz CT molecular complexity index is 687. The molecule has 6 nitrogen and oxygen atoms in total. The maximum absolute atomic E-state index is 12.4. The largest absolute Gasteiger partial charge is 0.432 e. The highest BCUT2D eigenvalue weighted by Gasteiger charge is 2.34. The minimum Gasteiger partial charge on any atom is -0.286 e. The van der Waals surface area contributed by atoms with Crippen molar-refractivity contribution < 1.29 is 18.1 Å². The first kappa shape index (κ1) is 12.9. The molecule has 0 unspecified atom stereocenters. The van der Waals surface area contributed by atoms with Crippen LogP contribution in [0.1, 0.15) is 5.69 Å². The number of nitro groups is 1. The lowest BCUT2D eigenvalue weighted by Gasteiger charge is -2.04. The fraction of sp³-hybridized carbons (Fsp3) is 0.100. The lowest BCUT2D eigenvalue weighted by atomic mass is 10.3. The molecule has 0 aliphatic heterocycles. The molecule has 0 amide bonds. The lowest BCUT2D eigenvalue weighted by molar-refractivity contribution is -0.384. The van der Waals surface area contributed by atoms with Gasteiger partial charge in [-0.15, -0.1) is 0 Å². The van der Waals surface area contributed by atoms with Crippen molar-refractivity contribution in [3.63, 3.8) is 0 Å². The van der Waals surface area contributed by atoms with Crippen LogP contribution >= 0.6 is 0 Å². The molecule has 0 saturated carbocycles. The van der Waals surface area contributed by atoms with Crippen molar-refractivity contribution in [1.82, 2.24) is 9.78 Å². The summed E-state index contributed by atoms with van der Waals surface area (Å²) in [5, 5.41) is 12.6. The van der Waals surface area contributed by atoms with Crippen molar-refractivity contribution in [2.45, 2.75) is 6.18 Å². The van der Waals surface area contributed by atoms with Gasteiger partial charge < -0.3 is 0 Å². The molecule has 0 saturated heterocycles. The van der Waals surface area contributed by atoms with E-state index in [1.54, 1.807) is 0 Å². The molecule has 1 N–H and O–H groups in total. The van der Waals surface area contributed by atoms with E-state index in [0.29, 0.717) is 10.7 Å². The van der Waals surface area contributed by atoms with Crippen LogP contribution in [-0.4, -0.2) is 14.7 Å². The maximum atomic E-state index is 12.4. The van der Waals surface area contributed by atoms with Crippen molar-refractivity contribution in [2.24, 2.45) is 0 Å². The molecule has 0 atom stereocenters. The molecule has 1 heterocycles. The van der Waals surface area contributed by atoms with Gasteiger partial charge in [0.05, 0.1) is 4.92 Å². The fourth-order valence-electron chi connectivity index (χ4n) is 1.53. The van der Waals surface area contributed by atoms with Gasteiger partial charge in [0, 0.05) is 12.1 Å². The van der Waals surface area contributed by atoms with Crippen molar-refractivity contribution in [3.8, 4) is 5.69 Å². The molecule has 0 radical (unpaired) electrons.